The van der Waals surface area contributed by atoms with Crippen LogP contribution in [0.5, 0.6) is 5.75 Å². The van der Waals surface area contributed by atoms with Gasteiger partial charge in [-0.25, -0.2) is 0 Å². The maximum atomic E-state index is 9.25. The molecule has 1 aromatic rings. The number of ether oxygens (including phenoxy) is 1. The van der Waals surface area contributed by atoms with Gasteiger partial charge in [-0.05, 0) is 37.1 Å². The third-order valence-corrected chi connectivity index (χ3v) is 3.80. The second kappa shape index (κ2) is 7.57. The molecule has 1 atom stereocenters. The van der Waals surface area contributed by atoms with Crippen molar-refractivity contribution in [3.05, 3.63) is 29.8 Å². The Labute approximate surface area is 125 Å². The molecule has 4 nitrogen and oxygen atoms in total. The van der Waals surface area contributed by atoms with Crippen LogP contribution in [0.25, 0.3) is 0 Å². The van der Waals surface area contributed by atoms with Crippen LogP contribution >= 0.6 is 12.2 Å². The van der Waals surface area contributed by atoms with Crippen molar-refractivity contribution in [2.24, 2.45) is 5.73 Å². The number of likely N-dealkylation sites (tertiary alicyclic amines) is 1. The standard InChI is InChI=1S/C15H22N2O2S/c16-15(20)10-12-3-5-14(6-4-12)19-9-8-17-7-1-2-13(17)11-18/h3-6,13,18H,1-2,7-11H2,(H2,16,20). The summed E-state index contributed by atoms with van der Waals surface area (Å²) < 4.78 is 5.73. The number of benzene rings is 1. The molecule has 0 saturated carbocycles. The van der Waals surface area contributed by atoms with Gasteiger partial charge >= 0.3 is 0 Å². The van der Waals surface area contributed by atoms with E-state index >= 15 is 0 Å². The van der Waals surface area contributed by atoms with E-state index in [4.69, 9.17) is 22.7 Å². The van der Waals surface area contributed by atoms with Gasteiger partial charge < -0.3 is 15.6 Å². The zero-order chi connectivity index (χ0) is 14.4. The summed E-state index contributed by atoms with van der Waals surface area (Å²) in [6.45, 7) is 2.81. The quantitative estimate of drug-likeness (QED) is 0.744. The minimum atomic E-state index is 0.244. The Kier molecular flexibility index (Phi) is 5.76. The molecule has 1 fully saturated rings. The van der Waals surface area contributed by atoms with Gasteiger partial charge in [0.2, 0.25) is 0 Å². The summed E-state index contributed by atoms with van der Waals surface area (Å²) in [6.07, 6.45) is 2.88. The van der Waals surface area contributed by atoms with Gasteiger partial charge in [-0.15, -0.1) is 0 Å². The zero-order valence-corrected chi connectivity index (χ0v) is 12.4. The Hall–Kier alpha value is -1.17. The van der Waals surface area contributed by atoms with E-state index in [1.54, 1.807) is 0 Å². The van der Waals surface area contributed by atoms with Gasteiger partial charge in [0.1, 0.15) is 12.4 Å². The molecular formula is C15H22N2O2S. The van der Waals surface area contributed by atoms with E-state index in [0.717, 1.165) is 30.8 Å². The van der Waals surface area contributed by atoms with Gasteiger partial charge in [-0.2, -0.15) is 0 Å². The summed E-state index contributed by atoms with van der Waals surface area (Å²) in [4.78, 5) is 2.80. The van der Waals surface area contributed by atoms with Crippen LogP contribution in [0.2, 0.25) is 0 Å². The van der Waals surface area contributed by atoms with Crippen molar-refractivity contribution in [3.8, 4) is 5.75 Å². The molecule has 3 N–H and O–H groups in total. The zero-order valence-electron chi connectivity index (χ0n) is 11.6. The smallest absolute Gasteiger partial charge is 0.119 e. The van der Waals surface area contributed by atoms with Crippen molar-refractivity contribution in [2.75, 3.05) is 26.3 Å². The molecule has 1 saturated heterocycles. The topological polar surface area (TPSA) is 58.7 Å². The maximum Gasteiger partial charge on any atom is 0.119 e. The Morgan fingerprint density at radius 3 is 2.80 bits per heavy atom. The van der Waals surface area contributed by atoms with Gasteiger partial charge in [0, 0.05) is 19.0 Å². The number of nitrogens with zero attached hydrogens (tertiary/aromatic N) is 1. The third-order valence-electron chi connectivity index (χ3n) is 3.66. The van der Waals surface area contributed by atoms with Crippen molar-refractivity contribution >= 4 is 17.2 Å². The first-order chi connectivity index (χ1) is 9.69. The van der Waals surface area contributed by atoms with Crippen LogP contribution < -0.4 is 10.5 Å². The lowest BCUT2D eigenvalue weighted by atomic mass is 10.1. The number of nitrogens with two attached hydrogens (primary N) is 1. The highest BCUT2D eigenvalue weighted by Gasteiger charge is 2.22. The summed E-state index contributed by atoms with van der Waals surface area (Å²) in [6, 6.07) is 8.18. The van der Waals surface area contributed by atoms with E-state index in [1.165, 1.54) is 6.42 Å². The molecule has 110 valence electrons. The van der Waals surface area contributed by atoms with Gasteiger partial charge in [0.15, 0.2) is 0 Å². The normalized spacial score (nSPS) is 19.1. The third kappa shape index (κ3) is 4.44. The van der Waals surface area contributed by atoms with Gasteiger partial charge in [0.05, 0.1) is 11.6 Å². The van der Waals surface area contributed by atoms with E-state index in [-0.39, 0.29) is 6.61 Å². The molecule has 0 aromatic heterocycles. The summed E-state index contributed by atoms with van der Waals surface area (Å²) in [5, 5.41) is 9.25. The van der Waals surface area contributed by atoms with Crippen LogP contribution in [0, 0.1) is 0 Å². The Balaban J connectivity index is 1.75. The average Bonchev–Trinajstić information content (AvgIpc) is 2.87. The van der Waals surface area contributed by atoms with Gasteiger partial charge in [-0.3, -0.25) is 4.90 Å². The molecule has 1 aliphatic rings. The molecule has 1 unspecified atom stereocenters. The molecule has 0 bridgehead atoms. The lowest BCUT2D eigenvalue weighted by molar-refractivity contribution is 0.139. The molecule has 1 aromatic carbocycles. The Morgan fingerprint density at radius 1 is 1.40 bits per heavy atom. The van der Waals surface area contributed by atoms with Crippen LogP contribution in [0.3, 0.4) is 0 Å². The summed E-state index contributed by atoms with van der Waals surface area (Å²) >= 11 is 4.88. The average molecular weight is 294 g/mol. The summed E-state index contributed by atoms with van der Waals surface area (Å²) in [5.41, 5.74) is 6.61. The van der Waals surface area contributed by atoms with E-state index in [0.29, 0.717) is 24.1 Å². The van der Waals surface area contributed by atoms with E-state index in [2.05, 4.69) is 4.90 Å². The minimum absolute atomic E-state index is 0.244. The molecule has 5 heteroatoms. The largest absolute Gasteiger partial charge is 0.492 e. The molecule has 0 amide bonds. The van der Waals surface area contributed by atoms with Crippen LogP contribution in [0.1, 0.15) is 18.4 Å². The van der Waals surface area contributed by atoms with Crippen LogP contribution in [0.4, 0.5) is 0 Å². The number of thiocarbonyl (C=S) groups is 1. The predicted molar refractivity (Wildman–Crippen MR) is 84.1 cm³/mol. The lowest BCUT2D eigenvalue weighted by Crippen LogP contribution is -2.35. The second-order valence-electron chi connectivity index (χ2n) is 5.15. The maximum absolute atomic E-state index is 9.25. The lowest BCUT2D eigenvalue weighted by Gasteiger charge is -2.22. The molecule has 0 aliphatic carbocycles. The van der Waals surface area contributed by atoms with E-state index in [9.17, 15) is 5.11 Å². The first-order valence-corrected chi connectivity index (χ1v) is 7.45. The molecule has 0 radical (unpaired) electrons. The van der Waals surface area contributed by atoms with Crippen molar-refractivity contribution in [3.63, 3.8) is 0 Å². The monoisotopic (exact) mass is 294 g/mol. The summed E-state index contributed by atoms with van der Waals surface area (Å²) in [5.74, 6) is 0.858. The number of hydrogen-bond donors (Lipinski definition) is 2. The molecule has 2 rings (SSSR count). The molecule has 0 spiro atoms. The molecule has 1 heterocycles. The highest BCUT2D eigenvalue weighted by atomic mass is 32.1. The Bertz CT molecular complexity index is 436. The fourth-order valence-corrected chi connectivity index (χ4v) is 2.75. The number of rotatable bonds is 7. The van der Waals surface area contributed by atoms with Crippen molar-refractivity contribution in [2.45, 2.75) is 25.3 Å². The van der Waals surface area contributed by atoms with Crippen molar-refractivity contribution in [1.29, 1.82) is 0 Å². The highest BCUT2D eigenvalue weighted by molar-refractivity contribution is 7.80. The predicted octanol–water partition coefficient (Wildman–Crippen LogP) is 1.35. The SMILES string of the molecule is NC(=S)Cc1ccc(OCCN2CCCC2CO)cc1. The van der Waals surface area contributed by atoms with Crippen LogP contribution in [-0.4, -0.2) is 47.3 Å². The van der Waals surface area contributed by atoms with Crippen LogP contribution in [-0.2, 0) is 6.42 Å². The highest BCUT2D eigenvalue weighted by Crippen LogP contribution is 2.17. The summed E-state index contributed by atoms with van der Waals surface area (Å²) in [7, 11) is 0. The molecule has 1 aliphatic heterocycles. The van der Waals surface area contributed by atoms with Gasteiger partial charge in [-0.1, -0.05) is 24.4 Å². The van der Waals surface area contributed by atoms with Crippen molar-refractivity contribution in [1.82, 2.24) is 4.90 Å². The number of hydrogen-bond acceptors (Lipinski definition) is 4. The van der Waals surface area contributed by atoms with E-state index in [1.807, 2.05) is 24.3 Å². The number of aliphatic hydroxyl groups is 1. The minimum Gasteiger partial charge on any atom is -0.492 e. The molecule has 20 heavy (non-hydrogen) atoms. The van der Waals surface area contributed by atoms with E-state index < -0.39 is 0 Å². The first kappa shape index (κ1) is 15.2. The fourth-order valence-electron chi connectivity index (χ4n) is 2.58. The molecular weight excluding hydrogens is 272 g/mol. The van der Waals surface area contributed by atoms with Crippen LogP contribution in [0.15, 0.2) is 24.3 Å². The number of aliphatic hydroxyl groups excluding tert-OH is 1. The van der Waals surface area contributed by atoms with Crippen molar-refractivity contribution < 1.29 is 9.84 Å². The van der Waals surface area contributed by atoms with Gasteiger partial charge in [0.25, 0.3) is 0 Å². The Morgan fingerprint density at radius 2 is 2.15 bits per heavy atom. The first-order valence-electron chi connectivity index (χ1n) is 7.04. The fraction of sp³-hybridized carbons (Fsp3) is 0.533. The second-order valence-corrected chi connectivity index (χ2v) is 5.67.